The Morgan fingerprint density at radius 2 is 2.21 bits per heavy atom. The fourth-order valence-corrected chi connectivity index (χ4v) is 1.54. The molecule has 1 unspecified atom stereocenters. The van der Waals surface area contributed by atoms with E-state index < -0.39 is 15.3 Å². The fourth-order valence-electron chi connectivity index (χ4n) is 0.825. The lowest BCUT2D eigenvalue weighted by molar-refractivity contribution is -0.0802. The molecule has 14 heavy (non-hydrogen) atoms. The maximum atomic E-state index is 10.9. The van der Waals surface area contributed by atoms with Crippen LogP contribution in [-0.2, 0) is 13.8 Å². The highest BCUT2D eigenvalue weighted by atomic mass is 35.7. The number of ether oxygens (including phenoxy) is 1. The first kappa shape index (κ1) is 11.4. The lowest BCUT2D eigenvalue weighted by atomic mass is 10.3. The first-order chi connectivity index (χ1) is 6.45. The van der Waals surface area contributed by atoms with Gasteiger partial charge in [0.2, 0.25) is 0 Å². The number of aliphatic hydroxyl groups is 1. The average Bonchev–Trinajstić information content (AvgIpc) is 2.15. The standard InChI is InChI=1S/C7H8ClNO4S/c1-13-7(10)5-3-2-4-6(9-5)14(8,11)12/h2-4,7,10H,1H3. The van der Waals surface area contributed by atoms with Gasteiger partial charge in [-0.2, -0.15) is 0 Å². The number of hydrogen-bond acceptors (Lipinski definition) is 5. The number of rotatable bonds is 3. The Balaban J connectivity index is 3.14. The molecule has 1 N–H and O–H groups in total. The second kappa shape index (κ2) is 4.22. The molecule has 0 saturated carbocycles. The van der Waals surface area contributed by atoms with Crippen LogP contribution in [0.3, 0.4) is 0 Å². The zero-order valence-corrected chi connectivity index (χ0v) is 8.79. The van der Waals surface area contributed by atoms with Crippen molar-refractivity contribution in [3.8, 4) is 0 Å². The first-order valence-electron chi connectivity index (χ1n) is 3.57. The van der Waals surface area contributed by atoms with Crippen molar-refractivity contribution in [2.75, 3.05) is 7.11 Å². The molecule has 0 aliphatic rings. The van der Waals surface area contributed by atoms with Gasteiger partial charge in [0, 0.05) is 17.8 Å². The lowest BCUT2D eigenvalue weighted by Gasteiger charge is -2.07. The van der Waals surface area contributed by atoms with Crippen molar-refractivity contribution in [2.24, 2.45) is 0 Å². The summed E-state index contributed by atoms with van der Waals surface area (Å²) >= 11 is 0. The number of halogens is 1. The molecular formula is C7H8ClNO4S. The van der Waals surface area contributed by atoms with Crippen molar-refractivity contribution in [3.05, 3.63) is 23.9 Å². The minimum atomic E-state index is -3.87. The van der Waals surface area contributed by atoms with E-state index in [1.54, 1.807) is 0 Å². The minimum Gasteiger partial charge on any atom is -0.363 e. The maximum absolute atomic E-state index is 10.9. The molecule has 1 atom stereocenters. The van der Waals surface area contributed by atoms with Crippen LogP contribution in [0.1, 0.15) is 12.0 Å². The van der Waals surface area contributed by atoms with Crippen LogP contribution >= 0.6 is 10.7 Å². The van der Waals surface area contributed by atoms with E-state index in [2.05, 4.69) is 9.72 Å². The number of pyridine rings is 1. The molecule has 0 spiro atoms. The highest BCUT2D eigenvalue weighted by molar-refractivity contribution is 8.13. The predicted octanol–water partition coefficient (Wildman–Crippen LogP) is 0.646. The Bertz CT molecular complexity index is 419. The predicted molar refractivity (Wildman–Crippen MR) is 49.2 cm³/mol. The van der Waals surface area contributed by atoms with Gasteiger partial charge in [0.05, 0.1) is 5.69 Å². The van der Waals surface area contributed by atoms with Crippen LogP contribution in [0.15, 0.2) is 23.2 Å². The fraction of sp³-hybridized carbons (Fsp3) is 0.286. The van der Waals surface area contributed by atoms with Crippen LogP contribution in [0.5, 0.6) is 0 Å². The molecule has 7 heteroatoms. The monoisotopic (exact) mass is 237 g/mol. The van der Waals surface area contributed by atoms with Gasteiger partial charge in [-0.3, -0.25) is 0 Å². The van der Waals surface area contributed by atoms with Gasteiger partial charge in [0.25, 0.3) is 9.05 Å². The first-order valence-corrected chi connectivity index (χ1v) is 5.88. The summed E-state index contributed by atoms with van der Waals surface area (Å²) in [5, 5.41) is 8.88. The van der Waals surface area contributed by atoms with Crippen molar-refractivity contribution < 1.29 is 18.3 Å². The molecule has 0 aromatic carbocycles. The summed E-state index contributed by atoms with van der Waals surface area (Å²) in [4.78, 5) is 3.62. The average molecular weight is 238 g/mol. The summed E-state index contributed by atoms with van der Waals surface area (Å²) < 4.78 is 26.3. The summed E-state index contributed by atoms with van der Waals surface area (Å²) in [5.74, 6) is 0. The minimum absolute atomic E-state index is 0.0919. The SMILES string of the molecule is COC(O)c1cccc(S(=O)(=O)Cl)n1. The second-order valence-corrected chi connectivity index (χ2v) is 4.94. The topological polar surface area (TPSA) is 76.5 Å². The zero-order chi connectivity index (χ0) is 10.8. The van der Waals surface area contributed by atoms with Crippen LogP contribution in [-0.4, -0.2) is 25.6 Å². The summed E-state index contributed by atoms with van der Waals surface area (Å²) in [6, 6.07) is 4.08. The number of aliphatic hydroxyl groups excluding tert-OH is 1. The van der Waals surface area contributed by atoms with Crippen LogP contribution in [0.2, 0.25) is 0 Å². The third-order valence-corrected chi connectivity index (χ3v) is 2.67. The highest BCUT2D eigenvalue weighted by Gasteiger charge is 2.14. The van der Waals surface area contributed by atoms with Gasteiger partial charge in [-0.1, -0.05) is 6.07 Å². The Hall–Kier alpha value is -0.690. The molecule has 0 aliphatic heterocycles. The van der Waals surface area contributed by atoms with Gasteiger partial charge in [0.1, 0.15) is 0 Å². The maximum Gasteiger partial charge on any atom is 0.278 e. The largest absolute Gasteiger partial charge is 0.363 e. The molecular weight excluding hydrogens is 230 g/mol. The quantitative estimate of drug-likeness (QED) is 0.617. The molecule has 1 aromatic heterocycles. The molecule has 0 fully saturated rings. The molecule has 1 aromatic rings. The van der Waals surface area contributed by atoms with E-state index in [1.165, 1.54) is 25.3 Å². The van der Waals surface area contributed by atoms with E-state index in [0.717, 1.165) is 0 Å². The molecule has 78 valence electrons. The highest BCUT2D eigenvalue weighted by Crippen LogP contribution is 2.16. The van der Waals surface area contributed by atoms with E-state index in [9.17, 15) is 13.5 Å². The van der Waals surface area contributed by atoms with Gasteiger partial charge >= 0.3 is 0 Å². The Morgan fingerprint density at radius 3 is 2.71 bits per heavy atom. The van der Waals surface area contributed by atoms with Gasteiger partial charge in [-0.15, -0.1) is 0 Å². The van der Waals surface area contributed by atoms with Gasteiger partial charge < -0.3 is 9.84 Å². The summed E-state index contributed by atoms with van der Waals surface area (Å²) in [6.07, 6.45) is -1.26. The molecule has 0 amide bonds. The van der Waals surface area contributed by atoms with Gasteiger partial charge in [0.15, 0.2) is 11.3 Å². The number of methoxy groups -OCH3 is 1. The molecule has 1 heterocycles. The van der Waals surface area contributed by atoms with Crippen molar-refractivity contribution in [1.29, 1.82) is 0 Å². The van der Waals surface area contributed by atoms with Crippen molar-refractivity contribution in [3.63, 3.8) is 0 Å². The smallest absolute Gasteiger partial charge is 0.278 e. The third kappa shape index (κ3) is 2.65. The zero-order valence-electron chi connectivity index (χ0n) is 7.21. The van der Waals surface area contributed by atoms with Crippen LogP contribution < -0.4 is 0 Å². The molecule has 0 saturated heterocycles. The normalized spacial score (nSPS) is 13.9. The lowest BCUT2D eigenvalue weighted by Crippen LogP contribution is -2.05. The van der Waals surface area contributed by atoms with E-state index >= 15 is 0 Å². The Labute approximate surface area is 85.7 Å². The third-order valence-electron chi connectivity index (χ3n) is 1.47. The van der Waals surface area contributed by atoms with Gasteiger partial charge in [-0.25, -0.2) is 13.4 Å². The van der Waals surface area contributed by atoms with E-state index in [-0.39, 0.29) is 10.7 Å². The molecule has 1 rings (SSSR count). The number of aromatic nitrogens is 1. The van der Waals surface area contributed by atoms with E-state index in [4.69, 9.17) is 10.7 Å². The molecule has 0 bridgehead atoms. The molecule has 0 radical (unpaired) electrons. The Kier molecular flexibility index (Phi) is 3.43. The number of hydrogen-bond donors (Lipinski definition) is 1. The van der Waals surface area contributed by atoms with Crippen LogP contribution in [0, 0.1) is 0 Å². The Morgan fingerprint density at radius 1 is 1.57 bits per heavy atom. The molecule has 5 nitrogen and oxygen atoms in total. The van der Waals surface area contributed by atoms with Gasteiger partial charge in [-0.05, 0) is 12.1 Å². The van der Waals surface area contributed by atoms with Crippen molar-refractivity contribution in [1.82, 2.24) is 4.98 Å². The summed E-state index contributed by atoms with van der Waals surface area (Å²) in [6.45, 7) is 0. The summed E-state index contributed by atoms with van der Waals surface area (Å²) in [5.41, 5.74) is 0.0919. The number of nitrogens with zero attached hydrogens (tertiary/aromatic N) is 1. The van der Waals surface area contributed by atoms with Crippen LogP contribution in [0.4, 0.5) is 0 Å². The van der Waals surface area contributed by atoms with E-state index in [1.807, 2.05) is 0 Å². The van der Waals surface area contributed by atoms with Crippen molar-refractivity contribution >= 4 is 19.7 Å². The molecule has 0 aliphatic carbocycles. The van der Waals surface area contributed by atoms with Crippen LogP contribution in [0.25, 0.3) is 0 Å². The van der Waals surface area contributed by atoms with E-state index in [0.29, 0.717) is 0 Å². The van der Waals surface area contributed by atoms with Crippen molar-refractivity contribution in [2.45, 2.75) is 11.3 Å². The second-order valence-electron chi connectivity index (χ2n) is 2.43. The summed E-state index contributed by atoms with van der Waals surface area (Å²) in [7, 11) is 2.47.